The third-order valence-corrected chi connectivity index (χ3v) is 6.13. The molecular weight excluding hydrogens is 450 g/mol. The van der Waals surface area contributed by atoms with E-state index in [1.807, 2.05) is 38.1 Å². The van der Waals surface area contributed by atoms with Crippen LogP contribution in [0.15, 0.2) is 48.5 Å². The van der Waals surface area contributed by atoms with Crippen LogP contribution in [0, 0.1) is 11.8 Å². The van der Waals surface area contributed by atoms with Gasteiger partial charge in [0.1, 0.15) is 13.2 Å². The van der Waals surface area contributed by atoms with E-state index in [1.165, 1.54) is 0 Å². The maximum Gasteiger partial charge on any atom is 0.407 e. The molecule has 1 aliphatic carbocycles. The summed E-state index contributed by atoms with van der Waals surface area (Å²) in [5.74, 6) is -2.22. The van der Waals surface area contributed by atoms with Crippen LogP contribution in [0.4, 0.5) is 4.79 Å². The van der Waals surface area contributed by atoms with E-state index in [4.69, 9.17) is 9.84 Å². The summed E-state index contributed by atoms with van der Waals surface area (Å²) in [7, 11) is 0. The van der Waals surface area contributed by atoms with Gasteiger partial charge in [-0.15, -0.1) is 0 Å². The van der Waals surface area contributed by atoms with Crippen LogP contribution in [0.25, 0.3) is 11.1 Å². The van der Waals surface area contributed by atoms with Gasteiger partial charge in [0.15, 0.2) is 0 Å². The number of carboxylic acids is 1. The first-order valence-corrected chi connectivity index (χ1v) is 11.6. The number of carboxylic acid groups (broad SMARTS) is 1. The van der Waals surface area contributed by atoms with Crippen LogP contribution >= 0.6 is 0 Å². The largest absolute Gasteiger partial charge is 0.480 e. The molecule has 1 atom stereocenters. The number of amides is 3. The molecule has 0 aliphatic heterocycles. The molecule has 0 saturated heterocycles. The highest BCUT2D eigenvalue weighted by molar-refractivity contribution is 5.86. The van der Waals surface area contributed by atoms with Gasteiger partial charge in [-0.3, -0.25) is 14.4 Å². The maximum absolute atomic E-state index is 12.4. The zero-order valence-electron chi connectivity index (χ0n) is 19.9. The van der Waals surface area contributed by atoms with E-state index < -0.39 is 24.5 Å². The summed E-state index contributed by atoms with van der Waals surface area (Å²) in [4.78, 5) is 46.7. The third-order valence-electron chi connectivity index (χ3n) is 6.13. The number of ether oxygens (including phenoxy) is 1. The molecule has 186 valence electrons. The first kappa shape index (κ1) is 25.7. The van der Waals surface area contributed by atoms with Crippen LogP contribution < -0.4 is 16.0 Å². The maximum atomic E-state index is 12.4. The smallest absolute Gasteiger partial charge is 0.407 e. The molecule has 3 amide bonds. The van der Waals surface area contributed by atoms with Crippen LogP contribution in [-0.2, 0) is 19.1 Å². The van der Waals surface area contributed by atoms with Crippen molar-refractivity contribution < 1.29 is 29.0 Å². The van der Waals surface area contributed by atoms with Crippen molar-refractivity contribution in [3.8, 4) is 11.1 Å². The molecular formula is C26H31N3O6. The molecule has 0 aromatic heterocycles. The Morgan fingerprint density at radius 3 is 2.00 bits per heavy atom. The number of rotatable bonds is 11. The number of nitrogens with one attached hydrogen (secondary N) is 3. The monoisotopic (exact) mass is 481 g/mol. The van der Waals surface area contributed by atoms with Crippen LogP contribution in [0.2, 0.25) is 0 Å². The van der Waals surface area contributed by atoms with Crippen LogP contribution in [0.1, 0.15) is 37.3 Å². The van der Waals surface area contributed by atoms with Gasteiger partial charge < -0.3 is 25.8 Å². The SMILES string of the molecule is CC(C)C(CNC(=O)OCC1c2ccccc2-c2ccccc21)CC(=O)NCC(=O)NCC(=O)O. The summed E-state index contributed by atoms with van der Waals surface area (Å²) >= 11 is 0. The van der Waals surface area contributed by atoms with E-state index in [0.717, 1.165) is 22.3 Å². The van der Waals surface area contributed by atoms with E-state index >= 15 is 0 Å². The fourth-order valence-electron chi connectivity index (χ4n) is 4.13. The minimum Gasteiger partial charge on any atom is -0.480 e. The Kier molecular flexibility index (Phi) is 8.83. The second kappa shape index (κ2) is 12.0. The lowest BCUT2D eigenvalue weighted by Crippen LogP contribution is -2.40. The van der Waals surface area contributed by atoms with Crippen molar-refractivity contribution in [1.29, 1.82) is 0 Å². The average Bonchev–Trinajstić information content (AvgIpc) is 3.16. The van der Waals surface area contributed by atoms with E-state index in [2.05, 4.69) is 40.2 Å². The van der Waals surface area contributed by atoms with Gasteiger partial charge in [0, 0.05) is 18.9 Å². The quantitative estimate of drug-likeness (QED) is 0.390. The number of hydrogen-bond acceptors (Lipinski definition) is 5. The van der Waals surface area contributed by atoms with Crippen molar-refractivity contribution in [2.75, 3.05) is 26.2 Å². The van der Waals surface area contributed by atoms with E-state index in [-0.39, 0.29) is 49.8 Å². The minimum atomic E-state index is -1.16. The zero-order chi connectivity index (χ0) is 25.4. The molecule has 9 heteroatoms. The molecule has 0 bridgehead atoms. The summed E-state index contributed by atoms with van der Waals surface area (Å²) in [6.45, 7) is 3.52. The standard InChI is InChI=1S/C26H31N3O6/c1-16(2)17(11-23(30)27-13-24(31)28-14-25(32)33)12-29-26(34)35-15-22-20-9-5-3-7-18(20)19-8-4-6-10-21(19)22/h3-10,16-17,22H,11-15H2,1-2H3,(H,27,30)(H,28,31)(H,29,34)(H,32,33). The van der Waals surface area contributed by atoms with Crippen LogP contribution in [0.5, 0.6) is 0 Å². The highest BCUT2D eigenvalue weighted by Crippen LogP contribution is 2.44. The Morgan fingerprint density at radius 1 is 0.857 bits per heavy atom. The molecule has 0 saturated carbocycles. The van der Waals surface area contributed by atoms with Gasteiger partial charge in [0.2, 0.25) is 11.8 Å². The highest BCUT2D eigenvalue weighted by atomic mass is 16.5. The number of fused-ring (bicyclic) bond motifs is 3. The molecule has 1 unspecified atom stereocenters. The Bertz CT molecular complexity index is 1040. The van der Waals surface area contributed by atoms with Gasteiger partial charge in [-0.25, -0.2) is 4.79 Å². The van der Waals surface area contributed by atoms with Gasteiger partial charge >= 0.3 is 12.1 Å². The van der Waals surface area contributed by atoms with Crippen molar-refractivity contribution in [2.24, 2.45) is 11.8 Å². The molecule has 4 N–H and O–H groups in total. The molecule has 0 radical (unpaired) electrons. The van der Waals surface area contributed by atoms with Gasteiger partial charge in [0.25, 0.3) is 0 Å². The van der Waals surface area contributed by atoms with Gasteiger partial charge in [0.05, 0.1) is 6.54 Å². The minimum absolute atomic E-state index is 0.0351. The Hall–Kier alpha value is -3.88. The summed E-state index contributed by atoms with van der Waals surface area (Å²) < 4.78 is 5.55. The van der Waals surface area contributed by atoms with Crippen LogP contribution in [-0.4, -0.2) is 55.2 Å². The number of aliphatic carboxylic acids is 1. The van der Waals surface area contributed by atoms with Crippen molar-refractivity contribution in [3.63, 3.8) is 0 Å². The lowest BCUT2D eigenvalue weighted by atomic mass is 9.92. The van der Waals surface area contributed by atoms with Gasteiger partial charge in [-0.05, 0) is 34.1 Å². The molecule has 0 spiro atoms. The zero-order valence-corrected chi connectivity index (χ0v) is 19.9. The molecule has 3 rings (SSSR count). The molecule has 2 aromatic rings. The number of hydrogen-bond donors (Lipinski definition) is 4. The van der Waals surface area contributed by atoms with Crippen molar-refractivity contribution in [1.82, 2.24) is 16.0 Å². The second-order valence-corrected chi connectivity index (χ2v) is 8.86. The third kappa shape index (κ3) is 7.05. The highest BCUT2D eigenvalue weighted by Gasteiger charge is 2.29. The first-order valence-electron chi connectivity index (χ1n) is 11.6. The average molecular weight is 482 g/mol. The second-order valence-electron chi connectivity index (χ2n) is 8.86. The fraction of sp³-hybridized carbons (Fsp3) is 0.385. The normalized spacial score (nSPS) is 12.9. The summed E-state index contributed by atoms with van der Waals surface area (Å²) in [5.41, 5.74) is 4.57. The van der Waals surface area contributed by atoms with Crippen molar-refractivity contribution >= 4 is 23.9 Å². The summed E-state index contributed by atoms with van der Waals surface area (Å²) in [6.07, 6.45) is -0.445. The lowest BCUT2D eigenvalue weighted by molar-refractivity contribution is -0.137. The van der Waals surface area contributed by atoms with Gasteiger partial charge in [-0.2, -0.15) is 0 Å². The predicted molar refractivity (Wildman–Crippen MR) is 130 cm³/mol. The Balaban J connectivity index is 1.47. The molecule has 0 heterocycles. The number of carbonyl (C=O) groups excluding carboxylic acids is 3. The number of benzene rings is 2. The molecule has 35 heavy (non-hydrogen) atoms. The lowest BCUT2D eigenvalue weighted by Gasteiger charge is -2.21. The summed E-state index contributed by atoms with van der Waals surface area (Å²) in [5, 5.41) is 16.0. The topological polar surface area (TPSA) is 134 Å². The van der Waals surface area contributed by atoms with E-state index in [9.17, 15) is 19.2 Å². The van der Waals surface area contributed by atoms with E-state index in [1.54, 1.807) is 0 Å². The predicted octanol–water partition coefficient (Wildman–Crippen LogP) is 2.50. The fourth-order valence-corrected chi connectivity index (χ4v) is 4.13. The molecule has 0 fully saturated rings. The van der Waals surface area contributed by atoms with E-state index in [0.29, 0.717) is 0 Å². The van der Waals surface area contributed by atoms with Crippen molar-refractivity contribution in [2.45, 2.75) is 26.2 Å². The molecule has 9 nitrogen and oxygen atoms in total. The molecule has 2 aromatic carbocycles. The summed E-state index contributed by atoms with van der Waals surface area (Å²) in [6, 6.07) is 16.2. The molecule has 1 aliphatic rings. The number of alkyl carbamates (subject to hydrolysis) is 1. The van der Waals surface area contributed by atoms with Crippen LogP contribution in [0.3, 0.4) is 0 Å². The first-order chi connectivity index (χ1) is 16.8. The van der Waals surface area contributed by atoms with Gasteiger partial charge in [-0.1, -0.05) is 62.4 Å². The Morgan fingerprint density at radius 2 is 1.43 bits per heavy atom. The number of carbonyl (C=O) groups is 4. The Labute approximate surface area is 204 Å². The van der Waals surface area contributed by atoms with Crippen molar-refractivity contribution in [3.05, 3.63) is 59.7 Å².